The first kappa shape index (κ1) is 22.4. The number of hydrogen-bond acceptors (Lipinski definition) is 6. The van der Waals surface area contributed by atoms with Crippen molar-refractivity contribution in [3.63, 3.8) is 0 Å². The fourth-order valence-corrected chi connectivity index (χ4v) is 3.32. The molecule has 31 heavy (non-hydrogen) atoms. The fourth-order valence-electron chi connectivity index (χ4n) is 2.83. The zero-order valence-electron chi connectivity index (χ0n) is 16.5. The molecule has 0 spiro atoms. The van der Waals surface area contributed by atoms with Crippen LogP contribution in [0.2, 0.25) is 0 Å². The molecule has 0 aliphatic carbocycles. The Balaban J connectivity index is 1.57. The minimum absolute atomic E-state index is 0.137. The number of rotatable bonds is 7. The Kier molecular flexibility index (Phi) is 7.34. The number of fused-ring (bicyclic) bond motifs is 1. The van der Waals surface area contributed by atoms with Gasteiger partial charge in [-0.1, -0.05) is 0 Å². The van der Waals surface area contributed by atoms with Crippen LogP contribution in [-0.2, 0) is 19.1 Å². The first-order valence-corrected chi connectivity index (χ1v) is 10.4. The standard InChI is InChI=1S/C21H19IN4O5/c1-31-18(28)4-2-3-17(27)23-14-8-5-12(6-9-14)20(29)26-25-19-15-11-13(22)7-10-16(15)24-21(19)30/h5-11H,2-4H2,1H3,(H,23,27)(H,26,29)(H,24,25,30). The zero-order valence-corrected chi connectivity index (χ0v) is 18.7. The molecule has 10 heteroatoms. The highest BCUT2D eigenvalue weighted by Gasteiger charge is 2.26. The van der Waals surface area contributed by atoms with E-state index in [1.165, 1.54) is 19.2 Å². The van der Waals surface area contributed by atoms with E-state index >= 15 is 0 Å². The first-order valence-electron chi connectivity index (χ1n) is 9.33. The second kappa shape index (κ2) is 10.2. The van der Waals surface area contributed by atoms with E-state index in [0.717, 1.165) is 3.57 Å². The molecule has 0 atom stereocenters. The number of carbonyl (C=O) groups is 4. The summed E-state index contributed by atoms with van der Waals surface area (Å²) >= 11 is 2.13. The van der Waals surface area contributed by atoms with Crippen molar-refractivity contribution in [2.75, 3.05) is 17.7 Å². The Hall–Kier alpha value is -3.28. The van der Waals surface area contributed by atoms with Gasteiger partial charge in [0.2, 0.25) is 5.91 Å². The zero-order chi connectivity index (χ0) is 22.4. The minimum Gasteiger partial charge on any atom is -0.469 e. The molecule has 0 saturated heterocycles. The quantitative estimate of drug-likeness (QED) is 0.286. The molecular formula is C21H19IN4O5. The van der Waals surface area contributed by atoms with E-state index in [9.17, 15) is 19.2 Å². The topological polar surface area (TPSA) is 126 Å². The van der Waals surface area contributed by atoms with Crippen molar-refractivity contribution in [3.05, 3.63) is 57.2 Å². The van der Waals surface area contributed by atoms with Crippen molar-refractivity contribution in [2.24, 2.45) is 5.10 Å². The van der Waals surface area contributed by atoms with E-state index in [1.54, 1.807) is 24.3 Å². The number of nitrogens with one attached hydrogen (secondary N) is 3. The number of methoxy groups -OCH3 is 1. The van der Waals surface area contributed by atoms with Crippen LogP contribution in [-0.4, -0.2) is 36.5 Å². The van der Waals surface area contributed by atoms with E-state index in [2.05, 4.69) is 48.5 Å². The largest absolute Gasteiger partial charge is 0.469 e. The summed E-state index contributed by atoms with van der Waals surface area (Å²) < 4.78 is 5.47. The third-order valence-corrected chi connectivity index (χ3v) is 5.08. The molecule has 9 nitrogen and oxygen atoms in total. The van der Waals surface area contributed by atoms with E-state index < -0.39 is 5.91 Å². The highest BCUT2D eigenvalue weighted by Crippen LogP contribution is 2.25. The average molecular weight is 534 g/mol. The van der Waals surface area contributed by atoms with Crippen LogP contribution in [0.25, 0.3) is 0 Å². The average Bonchev–Trinajstić information content (AvgIpc) is 3.06. The van der Waals surface area contributed by atoms with Crippen molar-refractivity contribution >= 4 is 63.4 Å². The third kappa shape index (κ3) is 5.87. The number of nitrogens with zero attached hydrogens (tertiary/aromatic N) is 1. The van der Waals surface area contributed by atoms with Gasteiger partial charge in [0.1, 0.15) is 0 Å². The van der Waals surface area contributed by atoms with Gasteiger partial charge in [-0.2, -0.15) is 5.10 Å². The molecule has 1 heterocycles. The first-order chi connectivity index (χ1) is 14.9. The smallest absolute Gasteiger partial charge is 0.305 e. The number of hydrogen-bond donors (Lipinski definition) is 3. The van der Waals surface area contributed by atoms with Gasteiger partial charge in [0, 0.05) is 33.2 Å². The van der Waals surface area contributed by atoms with Gasteiger partial charge in [-0.3, -0.25) is 19.2 Å². The van der Waals surface area contributed by atoms with Crippen LogP contribution in [0.1, 0.15) is 35.2 Å². The molecule has 2 aromatic carbocycles. The van der Waals surface area contributed by atoms with E-state index in [1.807, 2.05) is 6.07 Å². The van der Waals surface area contributed by atoms with Gasteiger partial charge in [0.05, 0.1) is 12.8 Å². The number of benzene rings is 2. The summed E-state index contributed by atoms with van der Waals surface area (Å²) in [5, 5.41) is 9.38. The van der Waals surface area contributed by atoms with Crippen molar-refractivity contribution in [3.8, 4) is 0 Å². The predicted molar refractivity (Wildman–Crippen MR) is 123 cm³/mol. The van der Waals surface area contributed by atoms with Crippen LogP contribution in [0.15, 0.2) is 47.6 Å². The summed E-state index contributed by atoms with van der Waals surface area (Å²) in [4.78, 5) is 47.4. The van der Waals surface area contributed by atoms with E-state index in [-0.39, 0.29) is 36.3 Å². The van der Waals surface area contributed by atoms with Crippen molar-refractivity contribution in [2.45, 2.75) is 19.3 Å². The molecule has 0 fully saturated rings. The van der Waals surface area contributed by atoms with Gasteiger partial charge in [-0.15, -0.1) is 0 Å². The molecule has 0 radical (unpaired) electrons. The maximum absolute atomic E-state index is 12.4. The van der Waals surface area contributed by atoms with Gasteiger partial charge in [-0.25, -0.2) is 5.43 Å². The summed E-state index contributed by atoms with van der Waals surface area (Å²) in [6.45, 7) is 0. The summed E-state index contributed by atoms with van der Waals surface area (Å²) in [6.07, 6.45) is 0.736. The lowest BCUT2D eigenvalue weighted by molar-refractivity contribution is -0.140. The Labute approximate surface area is 191 Å². The highest BCUT2D eigenvalue weighted by atomic mass is 127. The van der Waals surface area contributed by atoms with Crippen LogP contribution in [0.4, 0.5) is 11.4 Å². The van der Waals surface area contributed by atoms with Gasteiger partial charge in [0.15, 0.2) is 5.71 Å². The fraction of sp³-hybridized carbons (Fsp3) is 0.190. The Morgan fingerprint density at radius 1 is 1.10 bits per heavy atom. The predicted octanol–water partition coefficient (Wildman–Crippen LogP) is 2.66. The number of halogens is 1. The second-order valence-corrected chi connectivity index (χ2v) is 7.85. The molecule has 0 bridgehead atoms. The normalized spacial score (nSPS) is 13.4. The summed E-state index contributed by atoms with van der Waals surface area (Å²) in [5.74, 6) is -1.48. The monoisotopic (exact) mass is 534 g/mol. The summed E-state index contributed by atoms with van der Waals surface area (Å²) in [7, 11) is 1.30. The molecule has 2 aromatic rings. The van der Waals surface area contributed by atoms with Crippen molar-refractivity contribution < 1.29 is 23.9 Å². The Morgan fingerprint density at radius 2 is 1.84 bits per heavy atom. The SMILES string of the molecule is COC(=O)CCCC(=O)Nc1ccc(C(=O)N/N=C2\C(=O)Nc3ccc(I)cc32)cc1. The molecule has 0 aromatic heterocycles. The van der Waals surface area contributed by atoms with Crippen LogP contribution in [0.5, 0.6) is 0 Å². The molecule has 160 valence electrons. The molecule has 0 unspecified atom stereocenters. The van der Waals surface area contributed by atoms with Gasteiger partial charge < -0.3 is 15.4 Å². The summed E-state index contributed by atoms with van der Waals surface area (Å²) in [6, 6.07) is 11.7. The van der Waals surface area contributed by atoms with Crippen molar-refractivity contribution in [1.29, 1.82) is 0 Å². The second-order valence-electron chi connectivity index (χ2n) is 6.60. The number of esters is 1. The molecule has 3 rings (SSSR count). The van der Waals surface area contributed by atoms with E-state index in [4.69, 9.17) is 0 Å². The number of amides is 3. The lowest BCUT2D eigenvalue weighted by Gasteiger charge is -2.06. The number of ether oxygens (including phenoxy) is 1. The Morgan fingerprint density at radius 3 is 2.55 bits per heavy atom. The van der Waals surface area contributed by atoms with Gasteiger partial charge >= 0.3 is 5.97 Å². The minimum atomic E-state index is -0.490. The van der Waals surface area contributed by atoms with Gasteiger partial charge in [0.25, 0.3) is 11.8 Å². The van der Waals surface area contributed by atoms with Crippen LogP contribution in [0, 0.1) is 3.57 Å². The van der Waals surface area contributed by atoms with Gasteiger partial charge in [-0.05, 0) is 71.5 Å². The number of hydrazone groups is 1. The highest BCUT2D eigenvalue weighted by molar-refractivity contribution is 14.1. The third-order valence-electron chi connectivity index (χ3n) is 4.41. The van der Waals surface area contributed by atoms with Crippen molar-refractivity contribution in [1.82, 2.24) is 5.43 Å². The molecule has 0 saturated carbocycles. The van der Waals surface area contributed by atoms with E-state index in [0.29, 0.717) is 28.9 Å². The van der Waals surface area contributed by atoms with Crippen LogP contribution < -0.4 is 16.1 Å². The number of anilines is 2. The maximum atomic E-state index is 12.4. The number of carbonyl (C=O) groups excluding carboxylic acids is 4. The molecule has 3 amide bonds. The maximum Gasteiger partial charge on any atom is 0.305 e. The lowest BCUT2D eigenvalue weighted by Crippen LogP contribution is -2.23. The molecule has 1 aliphatic rings. The lowest BCUT2D eigenvalue weighted by atomic mass is 10.1. The van der Waals surface area contributed by atoms with Crippen LogP contribution >= 0.6 is 22.6 Å². The van der Waals surface area contributed by atoms with Crippen LogP contribution in [0.3, 0.4) is 0 Å². The molecule has 1 aliphatic heterocycles. The summed E-state index contributed by atoms with van der Waals surface area (Å²) in [5.41, 5.74) is 4.63. The molecular weight excluding hydrogens is 515 g/mol. The Bertz CT molecular complexity index is 1070. The molecule has 3 N–H and O–H groups in total.